The predicted molar refractivity (Wildman–Crippen MR) is 106 cm³/mol. The molecule has 0 spiro atoms. The van der Waals surface area contributed by atoms with E-state index in [-0.39, 0.29) is 4.90 Å². The summed E-state index contributed by atoms with van der Waals surface area (Å²) in [5.41, 5.74) is 1.22. The van der Waals surface area contributed by atoms with E-state index in [4.69, 9.17) is 0 Å². The van der Waals surface area contributed by atoms with Gasteiger partial charge in [0.1, 0.15) is 12.1 Å². The number of aromatic nitrogens is 4. The van der Waals surface area contributed by atoms with Crippen molar-refractivity contribution in [1.82, 2.24) is 19.7 Å². The van der Waals surface area contributed by atoms with Gasteiger partial charge in [0.05, 0.1) is 4.90 Å². The molecule has 0 aliphatic rings. The van der Waals surface area contributed by atoms with E-state index in [0.717, 1.165) is 5.69 Å². The van der Waals surface area contributed by atoms with Crippen LogP contribution in [-0.4, -0.2) is 28.2 Å². The Morgan fingerprint density at radius 2 is 1.61 bits per heavy atom. The van der Waals surface area contributed by atoms with E-state index >= 15 is 0 Å². The summed E-state index contributed by atoms with van der Waals surface area (Å²) in [6.45, 7) is 0. The smallest absolute Gasteiger partial charge is 0.261 e. The molecule has 2 N–H and O–H groups in total. The fraction of sp³-hybridized carbons (Fsp3) is 0. The zero-order chi connectivity index (χ0) is 19.4. The Morgan fingerprint density at radius 3 is 2.32 bits per heavy atom. The van der Waals surface area contributed by atoms with Gasteiger partial charge in [0, 0.05) is 29.8 Å². The molecule has 4 aromatic rings. The topological polar surface area (TPSA) is 102 Å². The van der Waals surface area contributed by atoms with Gasteiger partial charge in [-0.15, -0.1) is 0 Å². The molecule has 0 radical (unpaired) electrons. The number of nitrogens with one attached hydrogen (secondary N) is 2. The van der Waals surface area contributed by atoms with Crippen molar-refractivity contribution < 1.29 is 8.42 Å². The molecule has 0 unspecified atom stereocenters. The maximum atomic E-state index is 12.4. The molecule has 0 saturated heterocycles. The molecule has 140 valence electrons. The molecule has 0 fully saturated rings. The molecule has 28 heavy (non-hydrogen) atoms. The summed E-state index contributed by atoms with van der Waals surface area (Å²) in [5.74, 6) is 1.23. The van der Waals surface area contributed by atoms with Crippen LogP contribution in [-0.2, 0) is 10.0 Å². The van der Waals surface area contributed by atoms with Gasteiger partial charge in [-0.3, -0.25) is 4.72 Å². The fourth-order valence-corrected chi connectivity index (χ4v) is 3.61. The van der Waals surface area contributed by atoms with Crippen LogP contribution >= 0.6 is 0 Å². The number of hydrogen-bond acceptors (Lipinski definition) is 6. The van der Waals surface area contributed by atoms with Gasteiger partial charge in [0.15, 0.2) is 5.82 Å². The van der Waals surface area contributed by atoms with Crippen LogP contribution in [0.2, 0.25) is 0 Å². The van der Waals surface area contributed by atoms with Crippen molar-refractivity contribution >= 4 is 27.2 Å². The van der Waals surface area contributed by atoms with E-state index in [2.05, 4.69) is 25.1 Å². The quantitative estimate of drug-likeness (QED) is 0.522. The molecule has 0 amide bonds. The van der Waals surface area contributed by atoms with Crippen molar-refractivity contribution in [2.45, 2.75) is 4.90 Å². The number of sulfonamides is 1. The summed E-state index contributed by atoms with van der Waals surface area (Å²) in [4.78, 5) is 8.58. The lowest BCUT2D eigenvalue weighted by Gasteiger charge is -2.10. The van der Waals surface area contributed by atoms with E-state index < -0.39 is 10.0 Å². The summed E-state index contributed by atoms with van der Waals surface area (Å²) in [7, 11) is -3.62. The van der Waals surface area contributed by atoms with Gasteiger partial charge in [-0.2, -0.15) is 5.10 Å². The largest absolute Gasteiger partial charge is 0.340 e. The first-order valence-corrected chi connectivity index (χ1v) is 9.85. The fourth-order valence-electron chi connectivity index (χ4n) is 2.53. The Labute approximate surface area is 162 Å². The molecule has 8 nitrogen and oxygen atoms in total. The van der Waals surface area contributed by atoms with Gasteiger partial charge in [-0.05, 0) is 42.5 Å². The maximum absolute atomic E-state index is 12.4. The number of benzene rings is 2. The lowest BCUT2D eigenvalue weighted by atomic mass is 10.3. The van der Waals surface area contributed by atoms with E-state index in [0.29, 0.717) is 17.3 Å². The molecule has 0 aliphatic carbocycles. The van der Waals surface area contributed by atoms with Crippen molar-refractivity contribution in [1.29, 1.82) is 0 Å². The minimum absolute atomic E-state index is 0.212. The van der Waals surface area contributed by atoms with Gasteiger partial charge >= 0.3 is 0 Å². The third kappa shape index (κ3) is 3.99. The van der Waals surface area contributed by atoms with Crippen molar-refractivity contribution in [2.75, 3.05) is 10.0 Å². The summed E-state index contributed by atoms with van der Waals surface area (Å²) in [5, 5.41) is 7.30. The molecule has 0 saturated carbocycles. The van der Waals surface area contributed by atoms with E-state index in [1.807, 2.05) is 6.07 Å². The molecule has 2 aromatic carbocycles. The van der Waals surface area contributed by atoms with E-state index in [9.17, 15) is 8.42 Å². The number of rotatable bonds is 6. The van der Waals surface area contributed by atoms with Crippen LogP contribution < -0.4 is 10.0 Å². The standard InChI is InChI=1S/C19H16N6O2S/c26-28(27,17-5-2-1-3-6-17)24-16-9-7-15(8-10-16)23-18-13-19(21-14-20-18)25-12-4-11-22-25/h1-14,24H,(H,20,21,23). The molecule has 2 heterocycles. The second-order valence-corrected chi connectivity index (χ2v) is 7.52. The first kappa shape index (κ1) is 17.7. The molecule has 9 heteroatoms. The minimum atomic E-state index is -3.62. The van der Waals surface area contributed by atoms with Crippen LogP contribution in [0.25, 0.3) is 5.82 Å². The molecule has 2 aromatic heterocycles. The van der Waals surface area contributed by atoms with Gasteiger partial charge in [0.2, 0.25) is 0 Å². The lowest BCUT2D eigenvalue weighted by molar-refractivity contribution is 0.601. The van der Waals surface area contributed by atoms with Crippen LogP contribution in [0.15, 0.2) is 90.3 Å². The minimum Gasteiger partial charge on any atom is -0.340 e. The van der Waals surface area contributed by atoms with E-state index in [1.54, 1.807) is 77.7 Å². The Hall–Kier alpha value is -3.72. The van der Waals surface area contributed by atoms with Crippen LogP contribution in [0.4, 0.5) is 17.2 Å². The van der Waals surface area contributed by atoms with Crippen molar-refractivity contribution in [3.8, 4) is 5.82 Å². The summed E-state index contributed by atoms with van der Waals surface area (Å²) in [6.07, 6.45) is 4.91. The number of nitrogens with zero attached hydrogens (tertiary/aromatic N) is 4. The van der Waals surface area contributed by atoms with Gasteiger partial charge in [-0.1, -0.05) is 18.2 Å². The SMILES string of the molecule is O=S(=O)(Nc1ccc(Nc2cc(-n3cccn3)ncn2)cc1)c1ccccc1. The summed E-state index contributed by atoms with van der Waals surface area (Å²) in [6, 6.07) is 18.7. The monoisotopic (exact) mass is 392 g/mol. The lowest BCUT2D eigenvalue weighted by Crippen LogP contribution is -2.12. The van der Waals surface area contributed by atoms with Crippen LogP contribution in [0.3, 0.4) is 0 Å². The zero-order valence-electron chi connectivity index (χ0n) is 14.6. The molecular formula is C19H16N6O2S. The van der Waals surface area contributed by atoms with Crippen LogP contribution in [0.5, 0.6) is 0 Å². The van der Waals surface area contributed by atoms with Gasteiger partial charge < -0.3 is 5.32 Å². The Balaban J connectivity index is 1.48. The zero-order valence-corrected chi connectivity index (χ0v) is 15.4. The molecule has 0 bridgehead atoms. The summed E-state index contributed by atoms with van der Waals surface area (Å²) >= 11 is 0. The Bertz CT molecular complexity index is 1160. The first-order chi connectivity index (χ1) is 13.6. The average molecular weight is 392 g/mol. The third-order valence-electron chi connectivity index (χ3n) is 3.85. The highest BCUT2D eigenvalue weighted by molar-refractivity contribution is 7.92. The highest BCUT2D eigenvalue weighted by Gasteiger charge is 2.13. The molecule has 0 aliphatic heterocycles. The van der Waals surface area contributed by atoms with Crippen LogP contribution in [0.1, 0.15) is 0 Å². The van der Waals surface area contributed by atoms with E-state index in [1.165, 1.54) is 6.33 Å². The average Bonchev–Trinajstić information content (AvgIpc) is 3.25. The highest BCUT2D eigenvalue weighted by Crippen LogP contribution is 2.20. The second kappa shape index (κ2) is 7.49. The first-order valence-electron chi connectivity index (χ1n) is 8.37. The van der Waals surface area contributed by atoms with Crippen molar-refractivity contribution in [2.24, 2.45) is 0 Å². The number of hydrogen-bond donors (Lipinski definition) is 2. The highest BCUT2D eigenvalue weighted by atomic mass is 32.2. The maximum Gasteiger partial charge on any atom is 0.261 e. The van der Waals surface area contributed by atoms with Gasteiger partial charge in [0.25, 0.3) is 10.0 Å². The van der Waals surface area contributed by atoms with Gasteiger partial charge in [-0.25, -0.2) is 23.1 Å². The predicted octanol–water partition coefficient (Wildman–Crippen LogP) is 3.21. The normalized spacial score (nSPS) is 11.1. The molecule has 0 atom stereocenters. The Kier molecular flexibility index (Phi) is 4.73. The summed E-state index contributed by atoms with van der Waals surface area (Å²) < 4.78 is 28.9. The van der Waals surface area contributed by atoms with Crippen LogP contribution in [0, 0.1) is 0 Å². The third-order valence-corrected chi connectivity index (χ3v) is 5.25. The molecular weight excluding hydrogens is 376 g/mol. The second-order valence-electron chi connectivity index (χ2n) is 5.83. The van der Waals surface area contributed by atoms with Crippen molar-refractivity contribution in [3.05, 3.63) is 85.5 Å². The Morgan fingerprint density at radius 1 is 0.857 bits per heavy atom. The number of anilines is 3. The molecule has 4 rings (SSSR count). The van der Waals surface area contributed by atoms with Crippen molar-refractivity contribution in [3.63, 3.8) is 0 Å².